The van der Waals surface area contributed by atoms with Crippen LogP contribution in [0.3, 0.4) is 0 Å². The lowest BCUT2D eigenvalue weighted by Crippen LogP contribution is -2.46. The lowest BCUT2D eigenvalue weighted by molar-refractivity contribution is -0.135. The second-order valence-electron chi connectivity index (χ2n) is 20.2. The molecular formula is C47H57F2N11O5. The van der Waals surface area contributed by atoms with E-state index in [1.54, 1.807) is 22.4 Å². The van der Waals surface area contributed by atoms with E-state index in [1.165, 1.54) is 49.2 Å². The number of halogens is 2. The van der Waals surface area contributed by atoms with Gasteiger partial charge in [0.1, 0.15) is 29.3 Å². The molecule has 18 heteroatoms. The highest BCUT2D eigenvalue weighted by atomic mass is 19.3. The van der Waals surface area contributed by atoms with Crippen LogP contribution in [0.5, 0.6) is 0 Å². The van der Waals surface area contributed by atoms with Crippen molar-refractivity contribution >= 4 is 51.8 Å². The molecule has 4 atom stereocenters. The van der Waals surface area contributed by atoms with Crippen molar-refractivity contribution in [2.75, 3.05) is 31.6 Å². The van der Waals surface area contributed by atoms with Crippen molar-refractivity contribution in [3.8, 4) is 0 Å². The van der Waals surface area contributed by atoms with Crippen LogP contribution in [0.2, 0.25) is 0 Å². The van der Waals surface area contributed by atoms with E-state index < -0.39 is 36.2 Å². The minimum atomic E-state index is -2.87. The molecular weight excluding hydrogens is 837 g/mol. The Bertz CT molecular complexity index is 2670. The summed E-state index contributed by atoms with van der Waals surface area (Å²) in [5, 5.41) is 9.34. The average Bonchev–Trinajstić information content (AvgIpc) is 4.14. The summed E-state index contributed by atoms with van der Waals surface area (Å²) in [4.78, 5) is 70.0. The van der Waals surface area contributed by atoms with Crippen molar-refractivity contribution < 1.29 is 27.9 Å². The third-order valence-electron chi connectivity index (χ3n) is 16.2. The van der Waals surface area contributed by atoms with Crippen molar-refractivity contribution in [2.45, 2.75) is 127 Å². The smallest absolute Gasteiger partial charge is 0.329 e. The van der Waals surface area contributed by atoms with Gasteiger partial charge in [0.05, 0.1) is 36.0 Å². The number of morpholine rings is 1. The number of fused-ring (bicyclic) bond motifs is 4. The number of amides is 3. The summed E-state index contributed by atoms with van der Waals surface area (Å²) >= 11 is 0. The summed E-state index contributed by atoms with van der Waals surface area (Å²) in [6.45, 7) is 2.39. The third kappa shape index (κ3) is 7.67. The third-order valence-corrected chi connectivity index (χ3v) is 16.2. The molecule has 16 nitrogen and oxygen atoms in total. The van der Waals surface area contributed by atoms with Crippen molar-refractivity contribution in [2.24, 2.45) is 40.2 Å². The van der Waals surface area contributed by atoms with Gasteiger partial charge < -0.3 is 19.9 Å². The summed E-state index contributed by atoms with van der Waals surface area (Å²) in [5.41, 5.74) is 2.98. The van der Waals surface area contributed by atoms with E-state index in [2.05, 4.69) is 48.6 Å². The average molecular weight is 894 g/mol. The van der Waals surface area contributed by atoms with Gasteiger partial charge in [-0.25, -0.2) is 28.1 Å². The lowest BCUT2D eigenvalue weighted by atomic mass is 9.54. The Morgan fingerprint density at radius 1 is 1.03 bits per heavy atom. The maximum Gasteiger partial charge on any atom is 0.329 e. The number of hydrogen-bond acceptors (Lipinski definition) is 11. The molecule has 2 bridgehead atoms. The van der Waals surface area contributed by atoms with Crippen LogP contribution < -0.4 is 21.2 Å². The number of alkyl halides is 2. The Labute approximate surface area is 374 Å². The topological polar surface area (TPSA) is 173 Å². The first-order valence-corrected chi connectivity index (χ1v) is 23.6. The molecule has 65 heavy (non-hydrogen) atoms. The van der Waals surface area contributed by atoms with Gasteiger partial charge in [0, 0.05) is 44.7 Å². The van der Waals surface area contributed by atoms with E-state index in [0.29, 0.717) is 42.0 Å². The highest BCUT2D eigenvalue weighted by Gasteiger charge is 2.47. The van der Waals surface area contributed by atoms with Gasteiger partial charge in [-0.15, -0.1) is 0 Å². The molecule has 2 unspecified atom stereocenters. The molecule has 344 valence electrons. The summed E-state index contributed by atoms with van der Waals surface area (Å²) in [7, 11) is 4.03. The maximum atomic E-state index is 14.3. The van der Waals surface area contributed by atoms with E-state index in [9.17, 15) is 28.0 Å². The normalized spacial score (nSPS) is 31.3. The molecule has 0 radical (unpaired) electrons. The molecule has 2 N–H and O–H groups in total. The zero-order chi connectivity index (χ0) is 44.7. The predicted octanol–water partition coefficient (Wildman–Crippen LogP) is 4.83. The number of para-hydroxylation sites is 1. The molecule has 3 saturated heterocycles. The molecule has 7 heterocycles. The number of ether oxygens (including phenoxy) is 1. The first kappa shape index (κ1) is 42.3. The summed E-state index contributed by atoms with van der Waals surface area (Å²) in [5.74, 6) is 0.355. The number of imide groups is 1. The van der Waals surface area contributed by atoms with Crippen molar-refractivity contribution in [1.82, 2.24) is 39.3 Å². The van der Waals surface area contributed by atoms with Gasteiger partial charge in [0.2, 0.25) is 11.8 Å². The van der Waals surface area contributed by atoms with Gasteiger partial charge in [-0.1, -0.05) is 12.1 Å². The number of anilines is 1. The zero-order valence-electron chi connectivity index (χ0n) is 37.0. The van der Waals surface area contributed by atoms with Crippen LogP contribution in [0, 0.1) is 23.2 Å². The van der Waals surface area contributed by atoms with E-state index in [1.807, 2.05) is 18.2 Å². The quantitative estimate of drug-likeness (QED) is 0.212. The number of aromatic nitrogens is 5. The van der Waals surface area contributed by atoms with Crippen LogP contribution in [0.1, 0.15) is 105 Å². The molecule has 1 spiro atoms. The molecule has 3 aromatic heterocycles. The summed E-state index contributed by atoms with van der Waals surface area (Å²) in [6.07, 6.45) is 13.0. The zero-order valence-corrected chi connectivity index (χ0v) is 37.0. The number of amidine groups is 1. The van der Waals surface area contributed by atoms with Gasteiger partial charge in [0.15, 0.2) is 11.5 Å². The molecule has 11 rings (SSSR count). The number of carbonyl (C=O) groups is 3. The Morgan fingerprint density at radius 3 is 2.55 bits per heavy atom. The molecule has 3 aliphatic carbocycles. The minimum absolute atomic E-state index is 0.0314. The number of hydrogen-bond donors (Lipinski definition) is 2. The van der Waals surface area contributed by atoms with Crippen LogP contribution in [-0.2, 0) is 27.8 Å². The number of aliphatic imine (C=N–C) groups is 2. The van der Waals surface area contributed by atoms with E-state index in [-0.39, 0.29) is 47.5 Å². The van der Waals surface area contributed by atoms with Crippen LogP contribution in [0.15, 0.2) is 51.4 Å². The number of aryl methyl sites for hydroxylation is 1. The first-order chi connectivity index (χ1) is 31.4. The highest BCUT2D eigenvalue weighted by Crippen LogP contribution is 2.56. The number of imidazole rings is 1. The Balaban J connectivity index is 0.658. The summed E-state index contributed by atoms with van der Waals surface area (Å²) in [6, 6.07) is 7.95. The fourth-order valence-corrected chi connectivity index (χ4v) is 12.8. The van der Waals surface area contributed by atoms with E-state index >= 15 is 0 Å². The number of rotatable bonds is 10. The second-order valence-corrected chi connectivity index (χ2v) is 20.2. The SMILES string of the molecule is CN(C[C@H]1CC[C@H](C2N=C(NC(=O)c3cnn4ccc(N5C[C@H]6C[C@@H]5CO6)nc34)C(C(F)F)=N2)CC1)C1CCC2(CC1)CC(Cc1cccc3c1n(C)c(=O)n3C1CCC(=O)NC1=O)C2. The van der Waals surface area contributed by atoms with E-state index in [0.717, 1.165) is 74.0 Å². The first-order valence-electron chi connectivity index (χ1n) is 23.6. The molecule has 1 aromatic carbocycles. The molecule has 7 aliphatic rings. The van der Waals surface area contributed by atoms with Gasteiger partial charge >= 0.3 is 5.69 Å². The standard InChI is InChI=1S/C47H57F2N11O5/c1-56(30-12-15-47(16-13-30)20-27(21-47)18-29-4-3-5-34-39(29)57(2)46(64)60(34)35-10-11-37(61)52-45(35)63)23-26-6-8-28(9-7-26)41-53-38(40(48)49)42(54-41)55-44(62)33-22-50-59-17-14-36(51-43(33)59)58-24-32-19-31(58)25-65-32/h3-5,14,17,22,26-28,30-32,35,40-41H,6-13,15-16,18-21,23-25H2,1-2H3,(H,52,61,63)(H,54,55,62)/t26-,27?,28-,30?,31-,32-,35?,41?,47?/m1/s1. The number of nitrogens with zero attached hydrogens (tertiary/aromatic N) is 9. The second kappa shape index (κ2) is 16.5. The minimum Gasteiger partial charge on any atom is -0.374 e. The van der Waals surface area contributed by atoms with Crippen molar-refractivity contribution in [3.05, 3.63) is 58.3 Å². The van der Waals surface area contributed by atoms with Gasteiger partial charge in [0.25, 0.3) is 12.3 Å². The number of benzene rings is 1. The van der Waals surface area contributed by atoms with Crippen LogP contribution in [-0.4, -0.2) is 115 Å². The number of nitrogens with one attached hydrogen (secondary N) is 2. The monoisotopic (exact) mass is 893 g/mol. The fourth-order valence-electron chi connectivity index (χ4n) is 12.8. The lowest BCUT2D eigenvalue weighted by Gasteiger charge is -2.53. The van der Waals surface area contributed by atoms with Crippen molar-refractivity contribution in [1.29, 1.82) is 0 Å². The fraction of sp³-hybridized carbons (Fsp3) is 0.617. The Hall–Kier alpha value is -5.36. The largest absolute Gasteiger partial charge is 0.374 e. The van der Waals surface area contributed by atoms with Crippen molar-refractivity contribution in [3.63, 3.8) is 0 Å². The van der Waals surface area contributed by atoms with Crippen LogP contribution >= 0.6 is 0 Å². The molecule has 6 fully saturated rings. The maximum absolute atomic E-state index is 14.3. The van der Waals surface area contributed by atoms with Gasteiger partial charge in [-0.05, 0) is 125 Å². The number of carbonyl (C=O) groups excluding carboxylic acids is 3. The summed E-state index contributed by atoms with van der Waals surface area (Å²) < 4.78 is 39.2. The van der Waals surface area contributed by atoms with Crippen LogP contribution in [0.4, 0.5) is 14.6 Å². The Kier molecular flexibility index (Phi) is 10.7. The van der Waals surface area contributed by atoms with E-state index in [4.69, 9.17) is 9.72 Å². The highest BCUT2D eigenvalue weighted by molar-refractivity contribution is 6.46. The van der Waals surface area contributed by atoms with Crippen LogP contribution in [0.25, 0.3) is 16.7 Å². The Morgan fingerprint density at radius 2 is 1.83 bits per heavy atom. The molecule has 3 saturated carbocycles. The van der Waals surface area contributed by atoms with Gasteiger partial charge in [-0.3, -0.25) is 33.8 Å². The molecule has 3 amide bonds. The molecule has 4 aromatic rings. The molecule has 4 aliphatic heterocycles. The number of piperidine rings is 1. The predicted molar refractivity (Wildman–Crippen MR) is 238 cm³/mol. The van der Waals surface area contributed by atoms with Gasteiger partial charge in [-0.2, -0.15) is 5.10 Å².